The largest absolute Gasteiger partial charge is 0.493 e. The van der Waals surface area contributed by atoms with Crippen LogP contribution in [0.3, 0.4) is 0 Å². The van der Waals surface area contributed by atoms with Gasteiger partial charge in [0.1, 0.15) is 0 Å². The highest BCUT2D eigenvalue weighted by molar-refractivity contribution is 8.02. The van der Waals surface area contributed by atoms with Crippen LogP contribution in [0.2, 0.25) is 0 Å². The summed E-state index contributed by atoms with van der Waals surface area (Å²) in [6.07, 6.45) is 2.70. The fourth-order valence-electron chi connectivity index (χ4n) is 4.34. The van der Waals surface area contributed by atoms with Crippen LogP contribution in [0.1, 0.15) is 17.7 Å². The van der Waals surface area contributed by atoms with E-state index in [1.807, 2.05) is 24.3 Å². The molecule has 4 rings (SSSR count). The highest BCUT2D eigenvalue weighted by Gasteiger charge is 2.28. The molecule has 1 saturated heterocycles. The summed E-state index contributed by atoms with van der Waals surface area (Å²) in [6.45, 7) is 0. The average molecular weight is 547 g/mol. The Hall–Kier alpha value is -3.18. The molecule has 0 bridgehead atoms. The van der Waals surface area contributed by atoms with E-state index in [1.54, 1.807) is 33.6 Å². The molecule has 1 aliphatic rings. The number of thioether (sulfide) groups is 1. The highest BCUT2D eigenvalue weighted by atomic mass is 32.2. The van der Waals surface area contributed by atoms with Gasteiger partial charge in [-0.25, -0.2) is 8.42 Å². The van der Waals surface area contributed by atoms with E-state index >= 15 is 0 Å². The number of hydrogen-bond acceptors (Lipinski definition) is 9. The molecule has 2 aromatic carbocycles. The molecule has 1 fully saturated rings. The topological polar surface area (TPSA) is 113 Å². The summed E-state index contributed by atoms with van der Waals surface area (Å²) in [4.78, 5) is 17.5. The van der Waals surface area contributed by atoms with Crippen LogP contribution < -0.4 is 24.3 Å². The Labute approximate surface area is 220 Å². The lowest BCUT2D eigenvalue weighted by Gasteiger charge is -2.17. The number of nitrogens with zero attached hydrogens (tertiary/aromatic N) is 1. The Morgan fingerprint density at radius 3 is 2.30 bits per heavy atom. The normalized spacial score (nSPS) is 16.4. The number of aromatic nitrogens is 1. The lowest BCUT2D eigenvalue weighted by atomic mass is 10.0. The summed E-state index contributed by atoms with van der Waals surface area (Å²) < 4.78 is 45.4. The molecule has 2 heterocycles. The second kappa shape index (κ2) is 11.5. The molecular formula is C26H30N2O7S2. The van der Waals surface area contributed by atoms with Gasteiger partial charge < -0.3 is 24.3 Å². The Morgan fingerprint density at radius 2 is 1.65 bits per heavy atom. The highest BCUT2D eigenvalue weighted by Crippen LogP contribution is 2.37. The summed E-state index contributed by atoms with van der Waals surface area (Å²) in [7, 11) is 3.27. The first-order chi connectivity index (χ1) is 17.8. The van der Waals surface area contributed by atoms with Gasteiger partial charge in [0.15, 0.2) is 32.8 Å². The van der Waals surface area contributed by atoms with Crippen LogP contribution in [0.15, 0.2) is 36.5 Å². The zero-order valence-corrected chi connectivity index (χ0v) is 22.8. The number of sulfone groups is 1. The summed E-state index contributed by atoms with van der Waals surface area (Å²) in [5.74, 6) is 2.45. The number of anilines is 1. The van der Waals surface area contributed by atoms with Crippen molar-refractivity contribution in [3.63, 3.8) is 0 Å². The first-order valence-electron chi connectivity index (χ1n) is 11.6. The number of amides is 1. The molecule has 1 aliphatic heterocycles. The SMILES string of the molecule is COc1cc(Cc2nccc3cc(OC)c(OC)cc23)c(NC(=O)CS[C@H]2CCS(=O)(=O)C2)cc1OC. The summed E-state index contributed by atoms with van der Waals surface area (Å²) in [5.41, 5.74) is 2.14. The molecule has 1 N–H and O–H groups in total. The van der Waals surface area contributed by atoms with Gasteiger partial charge in [-0.15, -0.1) is 11.8 Å². The molecule has 1 aromatic heterocycles. The van der Waals surface area contributed by atoms with Crippen molar-refractivity contribution >= 4 is 44.0 Å². The predicted molar refractivity (Wildman–Crippen MR) is 145 cm³/mol. The maximum absolute atomic E-state index is 12.9. The van der Waals surface area contributed by atoms with Gasteiger partial charge in [0, 0.05) is 35.0 Å². The minimum atomic E-state index is -2.99. The third-order valence-electron chi connectivity index (χ3n) is 6.23. The summed E-state index contributed by atoms with van der Waals surface area (Å²) in [5, 5.41) is 4.75. The molecule has 9 nitrogen and oxygen atoms in total. The minimum absolute atomic E-state index is 0.0625. The van der Waals surface area contributed by atoms with Crippen molar-refractivity contribution in [3.05, 3.63) is 47.8 Å². The molecular weight excluding hydrogens is 516 g/mol. The van der Waals surface area contributed by atoms with Gasteiger partial charge in [-0.1, -0.05) is 0 Å². The second-order valence-electron chi connectivity index (χ2n) is 8.61. The van der Waals surface area contributed by atoms with Gasteiger partial charge in [0.2, 0.25) is 5.91 Å². The van der Waals surface area contributed by atoms with Crippen LogP contribution in [-0.2, 0) is 21.1 Å². The fourth-order valence-corrected chi connectivity index (χ4v) is 7.78. The monoisotopic (exact) mass is 546 g/mol. The van der Waals surface area contributed by atoms with Crippen molar-refractivity contribution in [3.8, 4) is 23.0 Å². The zero-order chi connectivity index (χ0) is 26.6. The van der Waals surface area contributed by atoms with Crippen molar-refractivity contribution in [1.29, 1.82) is 0 Å². The number of carbonyl (C=O) groups is 1. The van der Waals surface area contributed by atoms with Gasteiger partial charge in [-0.2, -0.15) is 0 Å². The Balaban J connectivity index is 1.63. The first kappa shape index (κ1) is 26.9. The Bertz CT molecular complexity index is 1410. The van der Waals surface area contributed by atoms with Crippen LogP contribution >= 0.6 is 11.8 Å². The maximum atomic E-state index is 12.9. The third-order valence-corrected chi connectivity index (χ3v) is 9.51. The molecule has 198 valence electrons. The first-order valence-corrected chi connectivity index (χ1v) is 14.5. The van der Waals surface area contributed by atoms with E-state index in [4.69, 9.17) is 18.9 Å². The van der Waals surface area contributed by atoms with Gasteiger partial charge in [0.05, 0.1) is 51.4 Å². The van der Waals surface area contributed by atoms with Gasteiger partial charge in [0.25, 0.3) is 0 Å². The van der Waals surface area contributed by atoms with Gasteiger partial charge in [-0.3, -0.25) is 9.78 Å². The third kappa shape index (κ3) is 6.22. The molecule has 1 amide bonds. The van der Waals surface area contributed by atoms with E-state index in [0.717, 1.165) is 22.0 Å². The molecule has 3 aromatic rings. The number of nitrogens with one attached hydrogen (secondary N) is 1. The molecule has 0 spiro atoms. The van der Waals surface area contributed by atoms with E-state index in [0.29, 0.717) is 41.5 Å². The van der Waals surface area contributed by atoms with Gasteiger partial charge >= 0.3 is 0 Å². The lowest BCUT2D eigenvalue weighted by molar-refractivity contribution is -0.113. The van der Waals surface area contributed by atoms with E-state index in [1.165, 1.54) is 18.9 Å². The molecule has 0 aliphatic carbocycles. The molecule has 0 unspecified atom stereocenters. The Kier molecular flexibility index (Phi) is 8.33. The van der Waals surface area contributed by atoms with E-state index in [-0.39, 0.29) is 28.4 Å². The van der Waals surface area contributed by atoms with Crippen molar-refractivity contribution in [2.75, 3.05) is 51.0 Å². The van der Waals surface area contributed by atoms with Crippen LogP contribution in [0, 0.1) is 0 Å². The van der Waals surface area contributed by atoms with Gasteiger partial charge in [-0.05, 0) is 41.6 Å². The number of methoxy groups -OCH3 is 4. The van der Waals surface area contributed by atoms with Crippen LogP contribution in [-0.4, -0.2) is 70.3 Å². The number of pyridine rings is 1. The molecule has 0 saturated carbocycles. The number of benzene rings is 2. The average Bonchev–Trinajstić information content (AvgIpc) is 3.25. The maximum Gasteiger partial charge on any atom is 0.234 e. The van der Waals surface area contributed by atoms with Crippen molar-refractivity contribution in [2.24, 2.45) is 0 Å². The molecule has 11 heteroatoms. The number of ether oxygens (including phenoxy) is 4. The number of carbonyl (C=O) groups excluding carboxylic acids is 1. The number of hydrogen-bond donors (Lipinski definition) is 1. The second-order valence-corrected chi connectivity index (χ2v) is 12.1. The fraction of sp³-hybridized carbons (Fsp3) is 0.385. The smallest absolute Gasteiger partial charge is 0.234 e. The zero-order valence-electron chi connectivity index (χ0n) is 21.2. The van der Waals surface area contributed by atoms with Crippen LogP contribution in [0.4, 0.5) is 5.69 Å². The predicted octanol–water partition coefficient (Wildman–Crippen LogP) is 3.72. The van der Waals surface area contributed by atoms with E-state index in [2.05, 4.69) is 10.3 Å². The number of rotatable bonds is 10. The lowest BCUT2D eigenvalue weighted by Crippen LogP contribution is -2.18. The molecule has 1 atom stereocenters. The van der Waals surface area contributed by atoms with Crippen LogP contribution in [0.25, 0.3) is 10.8 Å². The number of fused-ring (bicyclic) bond motifs is 1. The van der Waals surface area contributed by atoms with E-state index in [9.17, 15) is 13.2 Å². The van der Waals surface area contributed by atoms with Crippen molar-refractivity contribution < 1.29 is 32.2 Å². The minimum Gasteiger partial charge on any atom is -0.493 e. The standard InChI is InChI=1S/C26H30N2O7S2/c1-32-22-10-16-5-7-27-21(19(16)12-24(22)34-3)9-17-11-23(33-2)25(35-4)13-20(17)28-26(29)14-36-18-6-8-37(30,31)15-18/h5,7,10-13,18H,6,8-9,14-15H2,1-4H3,(H,28,29)/t18-/m0/s1. The molecule has 37 heavy (non-hydrogen) atoms. The Morgan fingerprint density at radius 1 is 1.00 bits per heavy atom. The molecule has 0 radical (unpaired) electrons. The summed E-state index contributed by atoms with van der Waals surface area (Å²) in [6, 6.07) is 9.25. The summed E-state index contributed by atoms with van der Waals surface area (Å²) >= 11 is 1.37. The quantitative estimate of drug-likeness (QED) is 0.406. The van der Waals surface area contributed by atoms with Crippen LogP contribution in [0.5, 0.6) is 23.0 Å². The van der Waals surface area contributed by atoms with E-state index < -0.39 is 9.84 Å². The van der Waals surface area contributed by atoms with Crippen molar-refractivity contribution in [1.82, 2.24) is 4.98 Å². The van der Waals surface area contributed by atoms with Crippen molar-refractivity contribution in [2.45, 2.75) is 18.1 Å².